The maximum absolute atomic E-state index is 11.5. The molecule has 0 aromatic carbocycles. The molecule has 16 heavy (non-hydrogen) atoms. The Labute approximate surface area is 101 Å². The normalized spacial score (nSPS) is 28.9. The van der Waals surface area contributed by atoms with Crippen molar-refractivity contribution in [2.24, 2.45) is 5.73 Å². The second-order valence-electron chi connectivity index (χ2n) is 3.45. The molecule has 0 aliphatic carbocycles. The zero-order chi connectivity index (χ0) is 11.9. The van der Waals surface area contributed by atoms with Gasteiger partial charge in [0.25, 0.3) is 0 Å². The minimum atomic E-state index is -1.04. The van der Waals surface area contributed by atoms with E-state index in [4.69, 9.17) is 10.8 Å². The molecule has 2 rings (SSSR count). The average Bonchev–Trinajstić information content (AvgIpc) is 2.27. The molecule has 1 saturated heterocycles. The number of β-lactam (4-membered cyclic amide) rings is 1. The monoisotopic (exact) mass is 260 g/mol. The van der Waals surface area contributed by atoms with Crippen LogP contribution in [0.3, 0.4) is 0 Å². The third kappa shape index (κ3) is 1.63. The van der Waals surface area contributed by atoms with E-state index in [-0.39, 0.29) is 17.0 Å². The topological polar surface area (TPSA) is 83.6 Å². The van der Waals surface area contributed by atoms with Gasteiger partial charge in [0.05, 0.1) is 0 Å². The van der Waals surface area contributed by atoms with E-state index in [1.54, 1.807) is 0 Å². The Balaban J connectivity index is 2.34. The van der Waals surface area contributed by atoms with Crippen LogP contribution < -0.4 is 5.73 Å². The Kier molecular flexibility index (Phi) is 3.18. The van der Waals surface area contributed by atoms with Crippen molar-refractivity contribution in [1.29, 1.82) is 0 Å². The Morgan fingerprint density at radius 2 is 2.44 bits per heavy atom. The van der Waals surface area contributed by atoms with Gasteiger partial charge in [0.15, 0.2) is 0 Å². The molecule has 0 spiro atoms. The third-order valence-electron chi connectivity index (χ3n) is 2.50. The van der Waals surface area contributed by atoms with E-state index in [1.165, 1.54) is 28.4 Å². The van der Waals surface area contributed by atoms with Gasteiger partial charge in [-0.1, -0.05) is 6.92 Å². The average molecular weight is 260 g/mol. The molecule has 2 aliphatic rings. The molecular weight excluding hydrogens is 248 g/mol. The summed E-state index contributed by atoms with van der Waals surface area (Å²) in [5.74, 6) is 0.0959. The minimum absolute atomic E-state index is 0.127. The number of nitrogens with two attached hydrogens (primary N) is 1. The number of rotatable bonds is 3. The van der Waals surface area contributed by atoms with Crippen molar-refractivity contribution in [2.75, 3.05) is 11.5 Å². The van der Waals surface area contributed by atoms with Gasteiger partial charge in [-0.15, -0.1) is 23.5 Å². The van der Waals surface area contributed by atoms with Gasteiger partial charge in [-0.3, -0.25) is 9.69 Å². The minimum Gasteiger partial charge on any atom is -0.477 e. The summed E-state index contributed by atoms with van der Waals surface area (Å²) < 4.78 is 0. The second kappa shape index (κ2) is 4.31. The summed E-state index contributed by atoms with van der Waals surface area (Å²) >= 11 is 3.01. The molecule has 0 aromatic rings. The summed E-state index contributed by atoms with van der Waals surface area (Å²) in [5.41, 5.74) is 5.75. The van der Waals surface area contributed by atoms with Gasteiger partial charge in [-0.05, 0) is 5.75 Å². The molecule has 7 heteroatoms. The molecule has 5 nitrogen and oxygen atoms in total. The SMILES string of the molecule is CCSC1=C(C(=O)O)N2C(=O)C(N)[C@H]2SC1. The van der Waals surface area contributed by atoms with Gasteiger partial charge >= 0.3 is 5.97 Å². The second-order valence-corrected chi connectivity index (χ2v) is 5.91. The summed E-state index contributed by atoms with van der Waals surface area (Å²) in [7, 11) is 0. The molecule has 2 aliphatic heterocycles. The predicted octanol–water partition coefficient (Wildman–Crippen LogP) is 0.278. The van der Waals surface area contributed by atoms with Crippen LogP contribution >= 0.6 is 23.5 Å². The van der Waals surface area contributed by atoms with Gasteiger partial charge in [0.2, 0.25) is 5.91 Å². The van der Waals surface area contributed by atoms with Crippen LogP contribution in [0, 0.1) is 0 Å². The van der Waals surface area contributed by atoms with Crippen LogP contribution in [0.4, 0.5) is 0 Å². The standard InChI is InChI=1S/C9H12N2O3S2/c1-2-15-4-3-16-8-5(10)7(12)11(8)6(4)9(13)14/h5,8H,2-3,10H2,1H3,(H,13,14)/t5?,8-/m1/s1. The van der Waals surface area contributed by atoms with Crippen molar-refractivity contribution in [3.05, 3.63) is 10.6 Å². The van der Waals surface area contributed by atoms with Crippen LogP contribution in [0.2, 0.25) is 0 Å². The first kappa shape index (κ1) is 11.8. The number of carbonyl (C=O) groups excluding carboxylic acids is 1. The quantitative estimate of drug-likeness (QED) is 0.709. The number of nitrogens with zero attached hydrogens (tertiary/aromatic N) is 1. The van der Waals surface area contributed by atoms with Gasteiger partial charge in [-0.2, -0.15) is 0 Å². The Hall–Kier alpha value is -0.660. The summed E-state index contributed by atoms with van der Waals surface area (Å²) in [4.78, 5) is 24.8. The lowest BCUT2D eigenvalue weighted by Crippen LogP contribution is -2.68. The molecule has 2 atom stereocenters. The number of carbonyl (C=O) groups is 2. The van der Waals surface area contributed by atoms with Crippen molar-refractivity contribution >= 4 is 35.4 Å². The highest BCUT2D eigenvalue weighted by atomic mass is 32.2. The third-order valence-corrected chi connectivity index (χ3v) is 4.95. The van der Waals surface area contributed by atoms with E-state index in [2.05, 4.69) is 0 Å². The molecule has 0 saturated carbocycles. The number of carboxylic acids is 1. The van der Waals surface area contributed by atoms with Crippen LogP contribution in [-0.4, -0.2) is 44.8 Å². The Bertz CT molecular complexity index is 383. The number of hydrogen-bond donors (Lipinski definition) is 2. The van der Waals surface area contributed by atoms with Gasteiger partial charge < -0.3 is 10.8 Å². The first-order valence-electron chi connectivity index (χ1n) is 4.87. The molecule has 0 radical (unpaired) electrons. The molecule has 1 unspecified atom stereocenters. The van der Waals surface area contributed by atoms with Crippen molar-refractivity contribution in [3.63, 3.8) is 0 Å². The Morgan fingerprint density at radius 3 is 3.00 bits per heavy atom. The lowest BCUT2D eigenvalue weighted by atomic mass is 10.1. The fourth-order valence-electron chi connectivity index (χ4n) is 1.77. The van der Waals surface area contributed by atoms with E-state index in [0.29, 0.717) is 5.75 Å². The first-order chi connectivity index (χ1) is 7.57. The van der Waals surface area contributed by atoms with E-state index in [1.807, 2.05) is 6.92 Å². The fourth-order valence-corrected chi connectivity index (χ4v) is 4.12. The van der Waals surface area contributed by atoms with E-state index in [0.717, 1.165) is 10.7 Å². The van der Waals surface area contributed by atoms with Crippen LogP contribution in [0.25, 0.3) is 0 Å². The highest BCUT2D eigenvalue weighted by Crippen LogP contribution is 2.42. The lowest BCUT2D eigenvalue weighted by Gasteiger charge is -2.47. The summed E-state index contributed by atoms with van der Waals surface area (Å²) in [6.07, 6.45) is 0. The van der Waals surface area contributed by atoms with Crippen molar-refractivity contribution < 1.29 is 14.7 Å². The number of fused-ring (bicyclic) bond motifs is 1. The van der Waals surface area contributed by atoms with Gasteiger partial charge in [0, 0.05) is 10.7 Å². The van der Waals surface area contributed by atoms with E-state index in [9.17, 15) is 9.59 Å². The highest BCUT2D eigenvalue weighted by molar-refractivity contribution is 8.06. The number of carboxylic acid groups (broad SMARTS) is 1. The molecule has 3 N–H and O–H groups in total. The van der Waals surface area contributed by atoms with Crippen molar-refractivity contribution in [2.45, 2.75) is 18.3 Å². The fraction of sp³-hybridized carbons (Fsp3) is 0.556. The van der Waals surface area contributed by atoms with Crippen LogP contribution in [-0.2, 0) is 9.59 Å². The molecule has 2 heterocycles. The van der Waals surface area contributed by atoms with Crippen LogP contribution in [0.15, 0.2) is 10.6 Å². The molecule has 0 aromatic heterocycles. The summed E-state index contributed by atoms with van der Waals surface area (Å²) in [6, 6.07) is -0.549. The molecule has 0 bridgehead atoms. The summed E-state index contributed by atoms with van der Waals surface area (Å²) in [5, 5.41) is 8.95. The first-order valence-corrected chi connectivity index (χ1v) is 6.90. The number of amides is 1. The molecule has 1 amide bonds. The summed E-state index contributed by atoms with van der Waals surface area (Å²) in [6.45, 7) is 1.96. The smallest absolute Gasteiger partial charge is 0.353 e. The Morgan fingerprint density at radius 1 is 1.75 bits per heavy atom. The van der Waals surface area contributed by atoms with Crippen molar-refractivity contribution in [3.8, 4) is 0 Å². The number of thioether (sulfide) groups is 2. The van der Waals surface area contributed by atoms with E-state index >= 15 is 0 Å². The lowest BCUT2D eigenvalue weighted by molar-refractivity contribution is -0.147. The zero-order valence-electron chi connectivity index (χ0n) is 8.67. The van der Waals surface area contributed by atoms with Crippen LogP contribution in [0.5, 0.6) is 0 Å². The molecular formula is C9H12N2O3S2. The van der Waals surface area contributed by atoms with E-state index < -0.39 is 12.0 Å². The zero-order valence-corrected chi connectivity index (χ0v) is 10.3. The largest absolute Gasteiger partial charge is 0.477 e. The molecule has 1 fully saturated rings. The maximum Gasteiger partial charge on any atom is 0.353 e. The number of aliphatic carboxylic acids is 1. The highest BCUT2D eigenvalue weighted by Gasteiger charge is 2.51. The van der Waals surface area contributed by atoms with Gasteiger partial charge in [-0.25, -0.2) is 4.79 Å². The van der Waals surface area contributed by atoms with Crippen LogP contribution in [0.1, 0.15) is 6.92 Å². The number of hydrogen-bond acceptors (Lipinski definition) is 5. The van der Waals surface area contributed by atoms with Crippen molar-refractivity contribution in [1.82, 2.24) is 4.90 Å². The van der Waals surface area contributed by atoms with Gasteiger partial charge in [0.1, 0.15) is 17.1 Å². The maximum atomic E-state index is 11.5. The molecule has 88 valence electrons. The predicted molar refractivity (Wildman–Crippen MR) is 63.9 cm³/mol.